The molecular formula is C44H32N2. The van der Waals surface area contributed by atoms with E-state index in [1.54, 1.807) is 0 Å². The molecular weight excluding hydrogens is 556 g/mol. The van der Waals surface area contributed by atoms with E-state index in [4.69, 9.17) is 0 Å². The number of anilines is 6. The number of para-hydroxylation sites is 3. The first-order valence-corrected chi connectivity index (χ1v) is 16.0. The van der Waals surface area contributed by atoms with Gasteiger partial charge < -0.3 is 9.80 Å². The lowest BCUT2D eigenvalue weighted by Crippen LogP contribution is -2.32. The van der Waals surface area contributed by atoms with E-state index >= 15 is 0 Å². The smallest absolute Gasteiger partial charge is 0.0512 e. The van der Waals surface area contributed by atoms with E-state index in [0.29, 0.717) is 0 Å². The van der Waals surface area contributed by atoms with Crippen LogP contribution in [0.15, 0.2) is 176 Å². The molecule has 2 heteroatoms. The van der Waals surface area contributed by atoms with Crippen LogP contribution in [-0.4, -0.2) is 0 Å². The van der Waals surface area contributed by atoms with Crippen LogP contribution in [0.1, 0.15) is 23.6 Å². The predicted molar refractivity (Wildman–Crippen MR) is 192 cm³/mol. The van der Waals surface area contributed by atoms with Crippen molar-refractivity contribution in [3.8, 4) is 22.3 Å². The third-order valence-corrected chi connectivity index (χ3v) is 9.84. The Morgan fingerprint density at radius 2 is 0.913 bits per heavy atom. The van der Waals surface area contributed by atoms with Gasteiger partial charge in [-0.3, -0.25) is 0 Å². The molecule has 0 saturated heterocycles. The van der Waals surface area contributed by atoms with Crippen molar-refractivity contribution in [3.63, 3.8) is 0 Å². The molecule has 2 nitrogen and oxygen atoms in total. The molecule has 0 N–H and O–H groups in total. The van der Waals surface area contributed by atoms with Crippen molar-refractivity contribution >= 4 is 34.1 Å². The van der Waals surface area contributed by atoms with Crippen molar-refractivity contribution in [2.45, 2.75) is 12.3 Å². The van der Waals surface area contributed by atoms with Gasteiger partial charge in [0, 0.05) is 28.2 Å². The molecule has 0 saturated carbocycles. The number of rotatable bonds is 5. The number of nitrogens with zero attached hydrogens (tertiary/aromatic N) is 2. The summed E-state index contributed by atoms with van der Waals surface area (Å²) in [5.74, 6) is 0. The van der Waals surface area contributed by atoms with Gasteiger partial charge in [0.25, 0.3) is 0 Å². The van der Waals surface area contributed by atoms with Gasteiger partial charge in [-0.25, -0.2) is 0 Å². The minimum absolute atomic E-state index is 0.190. The molecule has 9 rings (SSSR count). The van der Waals surface area contributed by atoms with Crippen molar-refractivity contribution in [2.24, 2.45) is 0 Å². The van der Waals surface area contributed by atoms with Crippen LogP contribution < -0.4 is 9.80 Å². The van der Waals surface area contributed by atoms with Gasteiger partial charge >= 0.3 is 0 Å². The first-order chi connectivity index (χ1) is 22.7. The molecule has 218 valence electrons. The summed E-state index contributed by atoms with van der Waals surface area (Å²) < 4.78 is 0. The van der Waals surface area contributed by atoms with Gasteiger partial charge in [0.15, 0.2) is 0 Å². The molecule has 1 aliphatic carbocycles. The highest BCUT2D eigenvalue weighted by molar-refractivity contribution is 5.97. The Hall–Kier alpha value is -5.86. The number of hydrogen-bond acceptors (Lipinski definition) is 2. The Bertz CT molecular complexity index is 2160. The molecule has 0 bridgehead atoms. The summed E-state index contributed by atoms with van der Waals surface area (Å²) in [6.45, 7) is 2.40. The largest absolute Gasteiger partial charge is 0.311 e. The lowest BCUT2D eigenvalue weighted by molar-refractivity contribution is 0.702. The average molecular weight is 589 g/mol. The highest BCUT2D eigenvalue weighted by Crippen LogP contribution is 2.62. The fourth-order valence-electron chi connectivity index (χ4n) is 7.75. The lowest BCUT2D eigenvalue weighted by Gasteiger charge is -2.42. The number of fused-ring (bicyclic) bond motifs is 5. The van der Waals surface area contributed by atoms with Gasteiger partial charge in [-0.1, -0.05) is 115 Å². The Balaban J connectivity index is 1.09. The first kappa shape index (κ1) is 26.5. The average Bonchev–Trinajstić information content (AvgIpc) is 3.40. The van der Waals surface area contributed by atoms with Crippen molar-refractivity contribution in [1.29, 1.82) is 0 Å². The van der Waals surface area contributed by atoms with Crippen LogP contribution in [0, 0.1) is 0 Å². The number of benzene rings is 7. The molecule has 0 radical (unpaired) electrons. The van der Waals surface area contributed by atoms with Gasteiger partial charge in [-0.15, -0.1) is 0 Å². The van der Waals surface area contributed by atoms with E-state index in [9.17, 15) is 0 Å². The molecule has 1 aliphatic heterocycles. The van der Waals surface area contributed by atoms with E-state index in [0.717, 1.165) is 17.1 Å². The van der Waals surface area contributed by atoms with Gasteiger partial charge in [0.2, 0.25) is 0 Å². The summed E-state index contributed by atoms with van der Waals surface area (Å²) in [6.07, 6.45) is 0. The fourth-order valence-corrected chi connectivity index (χ4v) is 7.75. The maximum Gasteiger partial charge on any atom is 0.0512 e. The van der Waals surface area contributed by atoms with Gasteiger partial charge in [-0.2, -0.15) is 0 Å². The van der Waals surface area contributed by atoms with Crippen LogP contribution in [0.3, 0.4) is 0 Å². The van der Waals surface area contributed by atoms with Crippen LogP contribution >= 0.6 is 0 Å². The third-order valence-electron chi connectivity index (χ3n) is 9.84. The standard InChI is InChI=1S/C44H32N2/c1-44-39-19-9-8-17-37(39)38-18-12-22-42(43(38)44)46(41-21-11-10-20-40(41)44)36-29-25-32(26-30-36)31-23-27-35(28-24-31)45(33-13-4-2-5-14-33)34-15-6-3-7-16-34/h2-30H,1H3. The van der Waals surface area contributed by atoms with E-state index in [1.165, 1.54) is 56.0 Å². The van der Waals surface area contributed by atoms with E-state index < -0.39 is 0 Å². The minimum atomic E-state index is -0.190. The summed E-state index contributed by atoms with van der Waals surface area (Å²) >= 11 is 0. The van der Waals surface area contributed by atoms with Crippen LogP contribution in [0.4, 0.5) is 34.1 Å². The molecule has 0 fully saturated rings. The van der Waals surface area contributed by atoms with Crippen molar-refractivity contribution in [3.05, 3.63) is 193 Å². The zero-order valence-corrected chi connectivity index (χ0v) is 25.6. The first-order valence-electron chi connectivity index (χ1n) is 16.0. The van der Waals surface area contributed by atoms with Crippen molar-refractivity contribution in [2.75, 3.05) is 9.80 Å². The molecule has 0 aromatic heterocycles. The monoisotopic (exact) mass is 588 g/mol. The van der Waals surface area contributed by atoms with E-state index in [1.807, 2.05) is 0 Å². The van der Waals surface area contributed by atoms with Crippen molar-refractivity contribution < 1.29 is 0 Å². The molecule has 46 heavy (non-hydrogen) atoms. The molecule has 2 aliphatic rings. The maximum atomic E-state index is 2.45. The van der Waals surface area contributed by atoms with Gasteiger partial charge in [0.1, 0.15) is 0 Å². The molecule has 0 spiro atoms. The maximum absolute atomic E-state index is 2.45. The second-order valence-corrected chi connectivity index (χ2v) is 12.3. The van der Waals surface area contributed by atoms with E-state index in [-0.39, 0.29) is 5.41 Å². The summed E-state index contributed by atoms with van der Waals surface area (Å²) in [5.41, 5.74) is 16.1. The van der Waals surface area contributed by atoms with Crippen LogP contribution in [0.2, 0.25) is 0 Å². The highest BCUT2D eigenvalue weighted by Gasteiger charge is 2.47. The number of hydrogen-bond donors (Lipinski definition) is 0. The Morgan fingerprint density at radius 3 is 1.59 bits per heavy atom. The van der Waals surface area contributed by atoms with Crippen LogP contribution in [-0.2, 0) is 5.41 Å². The Morgan fingerprint density at radius 1 is 0.413 bits per heavy atom. The summed E-state index contributed by atoms with van der Waals surface area (Å²) in [4.78, 5) is 4.75. The Kier molecular flexibility index (Phi) is 5.97. The quantitative estimate of drug-likeness (QED) is 0.197. The summed E-state index contributed by atoms with van der Waals surface area (Å²) in [7, 11) is 0. The summed E-state index contributed by atoms with van der Waals surface area (Å²) in [6, 6.07) is 63.7. The second kappa shape index (κ2) is 10.4. The summed E-state index contributed by atoms with van der Waals surface area (Å²) in [5, 5.41) is 0. The SMILES string of the molecule is CC12c3ccccc3-c3cccc(c31)N(c1ccc(-c3ccc(N(c4ccccc4)c4ccccc4)cc3)cc1)c1ccccc12. The molecule has 0 amide bonds. The third kappa shape index (κ3) is 3.90. The van der Waals surface area contributed by atoms with E-state index in [2.05, 4.69) is 193 Å². The molecule has 7 aromatic carbocycles. The molecule has 1 unspecified atom stereocenters. The van der Waals surface area contributed by atoms with Crippen molar-refractivity contribution in [1.82, 2.24) is 0 Å². The molecule has 7 aromatic rings. The topological polar surface area (TPSA) is 6.48 Å². The second-order valence-electron chi connectivity index (χ2n) is 12.3. The molecule has 1 heterocycles. The zero-order chi connectivity index (χ0) is 30.7. The van der Waals surface area contributed by atoms with Crippen LogP contribution in [0.5, 0.6) is 0 Å². The highest BCUT2D eigenvalue weighted by atomic mass is 15.2. The van der Waals surface area contributed by atoms with Crippen LogP contribution in [0.25, 0.3) is 22.3 Å². The predicted octanol–water partition coefficient (Wildman–Crippen LogP) is 11.9. The normalized spacial score (nSPS) is 15.5. The van der Waals surface area contributed by atoms with Gasteiger partial charge in [-0.05, 0) is 107 Å². The van der Waals surface area contributed by atoms with Gasteiger partial charge in [0.05, 0.1) is 11.4 Å². The Labute approximate surface area is 270 Å². The lowest BCUT2D eigenvalue weighted by atomic mass is 9.70. The fraction of sp³-hybridized carbons (Fsp3) is 0.0455. The zero-order valence-electron chi connectivity index (χ0n) is 25.6. The minimum Gasteiger partial charge on any atom is -0.311 e. The molecule has 1 atom stereocenters.